The van der Waals surface area contributed by atoms with Crippen LogP contribution in [0.1, 0.15) is 38.2 Å². The molecular weight excluding hydrogens is 360 g/mol. The summed E-state index contributed by atoms with van der Waals surface area (Å²) in [5.41, 5.74) is -0.125. The number of benzene rings is 1. The summed E-state index contributed by atoms with van der Waals surface area (Å²) < 4.78 is 35.6. The highest BCUT2D eigenvalue weighted by molar-refractivity contribution is 5.33. The van der Waals surface area contributed by atoms with Crippen molar-refractivity contribution in [2.75, 3.05) is 19.7 Å². The molecule has 2 aliphatic rings. The highest BCUT2D eigenvalue weighted by atomic mass is 19.3. The van der Waals surface area contributed by atoms with Crippen molar-refractivity contribution in [3.8, 4) is 5.75 Å². The molecule has 8 heteroatoms. The average Bonchev–Trinajstić information content (AvgIpc) is 2.58. The van der Waals surface area contributed by atoms with Gasteiger partial charge in [-0.15, -0.1) is 0 Å². The van der Waals surface area contributed by atoms with Crippen LogP contribution >= 0.6 is 0 Å². The molecule has 0 saturated carbocycles. The normalized spacial score (nSPS) is 24.9. The molecule has 1 aromatic rings. The van der Waals surface area contributed by atoms with Crippen molar-refractivity contribution in [2.24, 2.45) is 0 Å². The van der Waals surface area contributed by atoms with Crippen LogP contribution in [0, 0.1) is 0 Å². The molecule has 152 valence electrons. The van der Waals surface area contributed by atoms with Crippen molar-refractivity contribution in [3.63, 3.8) is 0 Å². The van der Waals surface area contributed by atoms with E-state index >= 15 is 0 Å². The van der Waals surface area contributed by atoms with Gasteiger partial charge in [-0.25, -0.2) is 0 Å². The summed E-state index contributed by atoms with van der Waals surface area (Å²) in [5, 5.41) is 17.2. The van der Waals surface area contributed by atoms with E-state index in [1.807, 2.05) is 19.1 Å². The smallest absolute Gasteiger partial charge is 0.387 e. The topological polar surface area (TPSA) is 79.2 Å². The highest BCUT2D eigenvalue weighted by Crippen LogP contribution is 2.39. The van der Waals surface area contributed by atoms with Gasteiger partial charge in [0.05, 0.1) is 17.8 Å². The first-order chi connectivity index (χ1) is 12.8. The highest BCUT2D eigenvalue weighted by Gasteiger charge is 2.44. The molecule has 6 nitrogen and oxygen atoms in total. The Hall–Kier alpha value is -1.77. The van der Waals surface area contributed by atoms with Gasteiger partial charge in [-0.05, 0) is 32.3 Å². The molecule has 2 saturated heterocycles. The van der Waals surface area contributed by atoms with Gasteiger partial charge in [0.1, 0.15) is 5.75 Å². The number of nitrogens with zero attached hydrogens (tertiary/aromatic N) is 1. The van der Waals surface area contributed by atoms with E-state index in [0.29, 0.717) is 26.0 Å². The number of hydrogen-bond donors (Lipinski definition) is 2. The van der Waals surface area contributed by atoms with E-state index in [1.165, 1.54) is 0 Å². The van der Waals surface area contributed by atoms with E-state index in [2.05, 4.69) is 9.64 Å². The Morgan fingerprint density at radius 2 is 1.93 bits per heavy atom. The first-order valence-electron chi connectivity index (χ1n) is 8.98. The Balaban J connectivity index is 0.000000817. The van der Waals surface area contributed by atoms with Crippen molar-refractivity contribution in [1.82, 2.24) is 4.90 Å². The number of carbonyl (C=O) groups is 1. The Morgan fingerprint density at radius 3 is 2.52 bits per heavy atom. The van der Waals surface area contributed by atoms with Crippen LogP contribution in [0.15, 0.2) is 24.3 Å². The lowest BCUT2D eigenvalue weighted by atomic mass is 9.78. The number of hydrogen-bond acceptors (Lipinski definition) is 5. The lowest BCUT2D eigenvalue weighted by molar-refractivity contribution is -0.173. The molecule has 1 unspecified atom stereocenters. The average molecular weight is 387 g/mol. The summed E-state index contributed by atoms with van der Waals surface area (Å²) in [7, 11) is 0. The van der Waals surface area contributed by atoms with Crippen LogP contribution in [0.4, 0.5) is 8.78 Å². The second-order valence-corrected chi connectivity index (χ2v) is 7.32. The van der Waals surface area contributed by atoms with Crippen LogP contribution in [0.5, 0.6) is 5.75 Å². The molecule has 0 bridgehead atoms. The second kappa shape index (κ2) is 9.43. The molecule has 0 aromatic heterocycles. The van der Waals surface area contributed by atoms with Crippen LogP contribution in [-0.4, -0.2) is 59.1 Å². The zero-order valence-corrected chi connectivity index (χ0v) is 15.4. The van der Waals surface area contributed by atoms with Gasteiger partial charge in [-0.1, -0.05) is 18.2 Å². The maximum Gasteiger partial charge on any atom is 0.387 e. The number of aliphatic hydroxyl groups is 1. The van der Waals surface area contributed by atoms with Crippen LogP contribution in [-0.2, 0) is 16.1 Å². The van der Waals surface area contributed by atoms with Crippen molar-refractivity contribution >= 4 is 6.47 Å². The Labute approximate surface area is 157 Å². The monoisotopic (exact) mass is 387 g/mol. The van der Waals surface area contributed by atoms with Gasteiger partial charge >= 0.3 is 6.61 Å². The third-order valence-corrected chi connectivity index (χ3v) is 5.10. The third-order valence-electron chi connectivity index (χ3n) is 5.10. The summed E-state index contributed by atoms with van der Waals surface area (Å²) in [6.07, 6.45) is 3.04. The van der Waals surface area contributed by atoms with E-state index in [9.17, 15) is 13.9 Å². The van der Waals surface area contributed by atoms with Crippen LogP contribution in [0.2, 0.25) is 0 Å². The number of ether oxygens (including phenoxy) is 2. The standard InChI is InChI=1S/C18H25F2NO3.CH2O2/c1-17(22)8-11-23-18(13-17)6-9-21(10-7-18)12-14-4-2-3-5-15(14)24-16(19)20;2-1-3/h2-5,16,22H,6-13H2,1H3;1H,(H,2,3). The minimum absolute atomic E-state index is 0.239. The molecule has 1 spiro atoms. The van der Waals surface area contributed by atoms with Gasteiger partial charge in [0, 0.05) is 31.6 Å². The summed E-state index contributed by atoms with van der Waals surface area (Å²) in [6, 6.07) is 6.93. The van der Waals surface area contributed by atoms with Crippen molar-refractivity contribution in [1.29, 1.82) is 0 Å². The van der Waals surface area contributed by atoms with Crippen LogP contribution in [0.25, 0.3) is 0 Å². The van der Waals surface area contributed by atoms with E-state index in [4.69, 9.17) is 14.6 Å². The fraction of sp³-hybridized carbons (Fsp3) is 0.632. The number of carboxylic acid groups (broad SMARTS) is 1. The number of likely N-dealkylation sites (tertiary alicyclic amines) is 1. The van der Waals surface area contributed by atoms with E-state index in [0.717, 1.165) is 31.5 Å². The first-order valence-corrected chi connectivity index (χ1v) is 8.98. The van der Waals surface area contributed by atoms with Gasteiger partial charge < -0.3 is 19.7 Å². The molecule has 0 amide bonds. The summed E-state index contributed by atoms with van der Waals surface area (Å²) in [4.78, 5) is 10.6. The van der Waals surface area contributed by atoms with Crippen molar-refractivity contribution in [2.45, 2.75) is 57.0 Å². The number of halogens is 2. The summed E-state index contributed by atoms with van der Waals surface area (Å²) >= 11 is 0. The van der Waals surface area contributed by atoms with Crippen molar-refractivity contribution < 1.29 is 33.3 Å². The van der Waals surface area contributed by atoms with E-state index in [1.54, 1.807) is 12.1 Å². The lowest BCUT2D eigenvalue weighted by Gasteiger charge is -2.48. The number of rotatable bonds is 4. The Morgan fingerprint density at radius 1 is 1.30 bits per heavy atom. The quantitative estimate of drug-likeness (QED) is 0.774. The number of alkyl halides is 2. The largest absolute Gasteiger partial charge is 0.483 e. The molecule has 0 aliphatic carbocycles. The molecule has 1 atom stereocenters. The van der Waals surface area contributed by atoms with E-state index < -0.39 is 12.2 Å². The predicted molar refractivity (Wildman–Crippen MR) is 94.8 cm³/mol. The maximum absolute atomic E-state index is 12.5. The summed E-state index contributed by atoms with van der Waals surface area (Å²) in [5.74, 6) is 0.240. The molecule has 3 rings (SSSR count). The fourth-order valence-corrected chi connectivity index (χ4v) is 3.85. The zero-order chi connectivity index (χ0) is 19.9. The van der Waals surface area contributed by atoms with Gasteiger partial charge in [-0.2, -0.15) is 8.78 Å². The Bertz CT molecular complexity index is 604. The maximum atomic E-state index is 12.5. The summed E-state index contributed by atoms with van der Waals surface area (Å²) in [6.45, 7) is 1.63. The molecule has 2 fully saturated rings. The zero-order valence-electron chi connectivity index (χ0n) is 15.4. The molecule has 2 N–H and O–H groups in total. The SMILES string of the molecule is CC1(O)CCOC2(CCN(Cc3ccccc3OC(F)F)CC2)C1.O=CO. The Kier molecular flexibility index (Phi) is 7.52. The molecule has 27 heavy (non-hydrogen) atoms. The minimum atomic E-state index is -2.81. The molecule has 2 heterocycles. The molecule has 0 radical (unpaired) electrons. The lowest BCUT2D eigenvalue weighted by Crippen LogP contribution is -2.53. The second-order valence-electron chi connectivity index (χ2n) is 7.32. The number of para-hydroxylation sites is 1. The first kappa shape index (κ1) is 21.5. The fourth-order valence-electron chi connectivity index (χ4n) is 3.85. The number of piperidine rings is 1. The minimum Gasteiger partial charge on any atom is -0.483 e. The molecular formula is C19H27F2NO5. The van der Waals surface area contributed by atoms with Gasteiger partial charge in [0.25, 0.3) is 6.47 Å². The van der Waals surface area contributed by atoms with Gasteiger partial charge in [0.15, 0.2) is 0 Å². The molecule has 2 aliphatic heterocycles. The van der Waals surface area contributed by atoms with E-state index in [-0.39, 0.29) is 17.8 Å². The third kappa shape index (κ3) is 6.41. The molecule has 1 aromatic carbocycles. The van der Waals surface area contributed by atoms with Gasteiger partial charge in [0.2, 0.25) is 0 Å². The predicted octanol–water partition coefficient (Wildman–Crippen LogP) is 2.88. The van der Waals surface area contributed by atoms with Crippen molar-refractivity contribution in [3.05, 3.63) is 29.8 Å². The van der Waals surface area contributed by atoms with Crippen LogP contribution < -0.4 is 4.74 Å². The van der Waals surface area contributed by atoms with Gasteiger partial charge in [-0.3, -0.25) is 9.69 Å². The van der Waals surface area contributed by atoms with Crippen LogP contribution in [0.3, 0.4) is 0 Å².